The molecule has 0 saturated heterocycles. The van der Waals surface area contributed by atoms with Crippen molar-refractivity contribution >= 4 is 42.1 Å². The maximum absolute atomic E-state index is 12.1. The predicted molar refractivity (Wildman–Crippen MR) is 94.4 cm³/mol. The molecule has 1 unspecified atom stereocenters. The Labute approximate surface area is 146 Å². The monoisotopic (exact) mass is 365 g/mol. The van der Waals surface area contributed by atoms with E-state index in [0.717, 1.165) is 22.9 Å². The Hall–Kier alpha value is -1.08. The molecule has 0 aliphatic rings. The number of halogens is 2. The smallest absolute Gasteiger partial charge is 0.263 e. The summed E-state index contributed by atoms with van der Waals surface area (Å²) in [6.45, 7) is 6.20. The SMILES string of the molecule is Cc1ccc(-c2nc(C)c(C(=O)NCCC(C)N)s2)o1.Cl.Cl. The van der Waals surface area contributed by atoms with Gasteiger partial charge in [-0.25, -0.2) is 4.98 Å². The minimum Gasteiger partial charge on any atom is -0.459 e. The van der Waals surface area contributed by atoms with Crippen molar-refractivity contribution in [3.05, 3.63) is 28.5 Å². The van der Waals surface area contributed by atoms with Crippen molar-refractivity contribution < 1.29 is 9.21 Å². The summed E-state index contributed by atoms with van der Waals surface area (Å²) < 4.78 is 5.53. The maximum atomic E-state index is 12.1. The lowest BCUT2D eigenvalue weighted by molar-refractivity contribution is 0.0956. The van der Waals surface area contributed by atoms with Crippen LogP contribution in [0.2, 0.25) is 0 Å². The molecule has 0 aliphatic carbocycles. The minimum absolute atomic E-state index is 0. The van der Waals surface area contributed by atoms with Crippen LogP contribution in [0.3, 0.4) is 0 Å². The van der Waals surface area contributed by atoms with Crippen LogP contribution in [-0.4, -0.2) is 23.5 Å². The van der Waals surface area contributed by atoms with Gasteiger partial charge >= 0.3 is 0 Å². The summed E-state index contributed by atoms with van der Waals surface area (Å²) in [5.74, 6) is 1.43. The number of carbonyl (C=O) groups is 1. The molecule has 0 spiro atoms. The van der Waals surface area contributed by atoms with Gasteiger partial charge in [-0.1, -0.05) is 0 Å². The molecule has 0 bridgehead atoms. The molecular weight excluding hydrogens is 345 g/mol. The predicted octanol–water partition coefficient (Wildman–Crippen LogP) is 3.33. The van der Waals surface area contributed by atoms with E-state index in [1.807, 2.05) is 32.9 Å². The standard InChI is InChI=1S/C14H19N3O2S.2ClH/c1-8(15)6-7-16-13(18)12-10(3)17-14(20-12)11-5-4-9(2)19-11;;/h4-5,8H,6-7,15H2,1-3H3,(H,16,18);2*1H. The van der Waals surface area contributed by atoms with Gasteiger partial charge in [0.25, 0.3) is 5.91 Å². The van der Waals surface area contributed by atoms with Crippen LogP contribution in [0.1, 0.15) is 34.5 Å². The number of hydrogen-bond donors (Lipinski definition) is 2. The first-order valence-corrected chi connectivity index (χ1v) is 7.37. The third kappa shape index (κ3) is 5.28. The van der Waals surface area contributed by atoms with E-state index in [-0.39, 0.29) is 36.8 Å². The third-order valence-electron chi connectivity index (χ3n) is 2.84. The average Bonchev–Trinajstić information content (AvgIpc) is 2.95. The van der Waals surface area contributed by atoms with Crippen LogP contribution in [0.25, 0.3) is 10.8 Å². The molecule has 124 valence electrons. The number of nitrogens with two attached hydrogens (primary N) is 1. The van der Waals surface area contributed by atoms with Crippen LogP contribution in [0, 0.1) is 13.8 Å². The van der Waals surface area contributed by atoms with E-state index in [0.29, 0.717) is 17.2 Å². The number of aromatic nitrogens is 1. The number of hydrogen-bond acceptors (Lipinski definition) is 5. The fourth-order valence-corrected chi connectivity index (χ4v) is 2.70. The maximum Gasteiger partial charge on any atom is 0.263 e. The van der Waals surface area contributed by atoms with Gasteiger partial charge in [-0.2, -0.15) is 0 Å². The van der Waals surface area contributed by atoms with Gasteiger partial charge in [0.2, 0.25) is 0 Å². The Kier molecular flexibility index (Phi) is 8.70. The molecule has 8 heteroatoms. The van der Waals surface area contributed by atoms with E-state index in [1.165, 1.54) is 11.3 Å². The summed E-state index contributed by atoms with van der Waals surface area (Å²) in [5, 5.41) is 3.59. The molecule has 5 nitrogen and oxygen atoms in total. The van der Waals surface area contributed by atoms with Crippen molar-refractivity contribution in [1.29, 1.82) is 0 Å². The van der Waals surface area contributed by atoms with Gasteiger partial charge in [-0.15, -0.1) is 36.2 Å². The van der Waals surface area contributed by atoms with Gasteiger partial charge in [0.15, 0.2) is 10.8 Å². The largest absolute Gasteiger partial charge is 0.459 e. The molecular formula is C14H21Cl2N3O2S. The van der Waals surface area contributed by atoms with Crippen molar-refractivity contribution in [2.75, 3.05) is 6.54 Å². The fourth-order valence-electron chi connectivity index (χ4n) is 1.76. The summed E-state index contributed by atoms with van der Waals surface area (Å²) in [5.41, 5.74) is 6.38. The molecule has 1 atom stereocenters. The van der Waals surface area contributed by atoms with Crippen LogP contribution in [0.4, 0.5) is 0 Å². The molecule has 0 radical (unpaired) electrons. The number of amides is 1. The van der Waals surface area contributed by atoms with Crippen LogP contribution in [0.15, 0.2) is 16.5 Å². The van der Waals surface area contributed by atoms with E-state index >= 15 is 0 Å². The summed E-state index contributed by atoms with van der Waals surface area (Å²) in [6, 6.07) is 3.83. The first-order valence-electron chi connectivity index (χ1n) is 6.55. The van der Waals surface area contributed by atoms with Gasteiger partial charge in [0.05, 0.1) is 5.69 Å². The Morgan fingerprint density at radius 2 is 2.09 bits per heavy atom. The molecule has 1 amide bonds. The third-order valence-corrected chi connectivity index (χ3v) is 4.01. The number of carbonyl (C=O) groups excluding carboxylic acids is 1. The number of furan rings is 1. The number of aryl methyl sites for hydroxylation is 2. The molecule has 2 rings (SSSR count). The van der Waals surface area contributed by atoms with Crippen LogP contribution >= 0.6 is 36.2 Å². The summed E-state index contributed by atoms with van der Waals surface area (Å²) in [7, 11) is 0. The van der Waals surface area contributed by atoms with Crippen molar-refractivity contribution in [2.45, 2.75) is 33.2 Å². The Morgan fingerprint density at radius 3 is 2.64 bits per heavy atom. The molecule has 22 heavy (non-hydrogen) atoms. The van der Waals surface area contributed by atoms with Gasteiger partial charge in [-0.3, -0.25) is 4.79 Å². The van der Waals surface area contributed by atoms with E-state index in [4.69, 9.17) is 10.2 Å². The first kappa shape index (κ1) is 20.9. The molecule has 0 saturated carbocycles. The lowest BCUT2D eigenvalue weighted by Crippen LogP contribution is -2.28. The molecule has 0 aliphatic heterocycles. The van der Waals surface area contributed by atoms with Gasteiger partial charge < -0.3 is 15.5 Å². The molecule has 0 fully saturated rings. The first-order chi connectivity index (χ1) is 9.47. The Morgan fingerprint density at radius 1 is 1.41 bits per heavy atom. The Balaban J connectivity index is 0.00000220. The zero-order valence-electron chi connectivity index (χ0n) is 12.7. The van der Waals surface area contributed by atoms with E-state index < -0.39 is 0 Å². The lowest BCUT2D eigenvalue weighted by atomic mass is 10.2. The molecule has 2 aromatic heterocycles. The van der Waals surface area contributed by atoms with Gasteiger partial charge in [-0.05, 0) is 39.3 Å². The fraction of sp³-hybridized carbons (Fsp3) is 0.429. The molecule has 3 N–H and O–H groups in total. The second-order valence-electron chi connectivity index (χ2n) is 4.87. The normalized spacial score (nSPS) is 11.3. The van der Waals surface area contributed by atoms with E-state index in [2.05, 4.69) is 10.3 Å². The zero-order valence-corrected chi connectivity index (χ0v) is 15.2. The zero-order chi connectivity index (χ0) is 14.7. The van der Waals surface area contributed by atoms with Crippen LogP contribution in [-0.2, 0) is 0 Å². The summed E-state index contributed by atoms with van der Waals surface area (Å²) in [6.07, 6.45) is 0.758. The van der Waals surface area contributed by atoms with E-state index in [1.54, 1.807) is 0 Å². The highest BCUT2D eigenvalue weighted by molar-refractivity contribution is 7.17. The summed E-state index contributed by atoms with van der Waals surface area (Å²) in [4.78, 5) is 17.1. The van der Waals surface area contributed by atoms with Gasteiger partial charge in [0, 0.05) is 12.6 Å². The number of rotatable bonds is 5. The van der Waals surface area contributed by atoms with E-state index in [9.17, 15) is 4.79 Å². The number of thiazole rings is 1. The lowest BCUT2D eigenvalue weighted by Gasteiger charge is -2.06. The van der Waals surface area contributed by atoms with Crippen molar-refractivity contribution in [3.8, 4) is 10.8 Å². The Bertz CT molecular complexity index is 611. The second kappa shape index (κ2) is 9.15. The van der Waals surface area contributed by atoms with Crippen LogP contribution in [0.5, 0.6) is 0 Å². The van der Waals surface area contributed by atoms with Crippen LogP contribution < -0.4 is 11.1 Å². The highest BCUT2D eigenvalue weighted by Crippen LogP contribution is 2.29. The molecule has 0 aromatic carbocycles. The minimum atomic E-state index is -0.102. The van der Waals surface area contributed by atoms with Crippen molar-refractivity contribution in [1.82, 2.24) is 10.3 Å². The molecule has 2 aromatic rings. The highest BCUT2D eigenvalue weighted by Gasteiger charge is 2.17. The molecule has 2 heterocycles. The average molecular weight is 366 g/mol. The van der Waals surface area contributed by atoms with Crippen molar-refractivity contribution in [3.63, 3.8) is 0 Å². The number of nitrogens with one attached hydrogen (secondary N) is 1. The van der Waals surface area contributed by atoms with Gasteiger partial charge in [0.1, 0.15) is 10.6 Å². The summed E-state index contributed by atoms with van der Waals surface area (Å²) >= 11 is 1.34. The number of nitrogens with zero attached hydrogens (tertiary/aromatic N) is 1. The second-order valence-corrected chi connectivity index (χ2v) is 5.86. The quantitative estimate of drug-likeness (QED) is 0.851. The highest BCUT2D eigenvalue weighted by atomic mass is 35.5. The topological polar surface area (TPSA) is 81.2 Å². The van der Waals surface area contributed by atoms with Crippen molar-refractivity contribution in [2.24, 2.45) is 5.73 Å².